The van der Waals surface area contributed by atoms with Gasteiger partial charge < -0.3 is 39.5 Å². The zero-order valence-corrected chi connectivity index (χ0v) is 21.6. The Morgan fingerprint density at radius 1 is 1.08 bits per heavy atom. The van der Waals surface area contributed by atoms with Crippen LogP contribution in [-0.4, -0.2) is 63.8 Å². The Bertz CT molecular complexity index is 1170. The number of hydrogen-bond donors (Lipinski definition) is 2. The van der Waals surface area contributed by atoms with E-state index in [4.69, 9.17) is 18.9 Å². The summed E-state index contributed by atoms with van der Waals surface area (Å²) in [4.78, 5) is 2.34. The number of aliphatic hydroxyl groups is 1. The first-order valence-corrected chi connectivity index (χ1v) is 13.1. The predicted octanol–water partition coefficient (Wildman–Crippen LogP) is 2.98. The maximum Gasteiger partial charge on any atom is 0.184 e. The number of piperidine rings is 1. The molecule has 1 aromatic heterocycles. The molecule has 1 fully saturated rings. The van der Waals surface area contributed by atoms with Crippen LogP contribution in [0.4, 0.5) is 5.69 Å². The van der Waals surface area contributed by atoms with Crippen LogP contribution in [-0.2, 0) is 16.1 Å². The molecule has 0 spiro atoms. The van der Waals surface area contributed by atoms with Gasteiger partial charge in [-0.15, -0.1) is 0 Å². The van der Waals surface area contributed by atoms with E-state index in [9.17, 15) is 10.3 Å². The van der Waals surface area contributed by atoms with Gasteiger partial charge in [-0.05, 0) is 41.8 Å². The molecule has 2 aliphatic heterocycles. The molecule has 3 aromatic rings. The van der Waals surface area contributed by atoms with E-state index in [1.807, 2.05) is 36.4 Å². The van der Waals surface area contributed by atoms with Crippen molar-refractivity contribution in [1.29, 1.82) is 0 Å². The first kappa shape index (κ1) is 26.2. The number of aromatic nitrogens is 1. The Balaban J connectivity index is 1.25. The minimum Gasteiger partial charge on any atom is -0.619 e. The average Bonchev–Trinajstić information content (AvgIpc) is 2.94. The lowest BCUT2D eigenvalue weighted by Crippen LogP contribution is -2.49. The van der Waals surface area contributed by atoms with E-state index in [1.54, 1.807) is 19.2 Å². The second-order valence-corrected chi connectivity index (χ2v) is 9.65. The quantitative estimate of drug-likeness (QED) is 0.239. The lowest BCUT2D eigenvalue weighted by atomic mass is 9.85. The number of hydrogen-bond acceptors (Lipinski definition) is 8. The van der Waals surface area contributed by atoms with E-state index in [1.165, 1.54) is 12.4 Å². The number of ether oxygens (including phenoxy) is 4. The van der Waals surface area contributed by atoms with Crippen LogP contribution in [0.3, 0.4) is 0 Å². The monoisotopic (exact) mass is 521 g/mol. The highest BCUT2D eigenvalue weighted by molar-refractivity contribution is 5.61. The topological polar surface area (TPSA) is 99.4 Å². The van der Waals surface area contributed by atoms with Gasteiger partial charge in [0.25, 0.3) is 0 Å². The molecule has 2 N–H and O–H groups in total. The Labute approximate surface area is 223 Å². The number of nitrogens with zero attached hydrogens (tertiary/aromatic N) is 2. The maximum atomic E-state index is 11.2. The molecule has 5 rings (SSSR count). The molecule has 9 nitrogen and oxygen atoms in total. The molecule has 0 saturated carbocycles. The summed E-state index contributed by atoms with van der Waals surface area (Å²) in [6, 6.07) is 17.1. The van der Waals surface area contributed by atoms with Gasteiger partial charge in [0.1, 0.15) is 23.9 Å². The third-order valence-electron chi connectivity index (χ3n) is 7.01. The normalized spacial score (nSPS) is 21.0. The predicted molar refractivity (Wildman–Crippen MR) is 143 cm³/mol. The standard InChI is InChI=1S/C29H35N3O6/c1-35-15-2-11-31-14-16-36-27-8-3-21(17-25(27)31)20-37-28-19-30-18-26(33)29(28)22-4-6-23(7-5-22)38-24-9-12-32(34)13-10-24/h3-10,12-13,17,26,28-30,33H,2,11,14-16,18-20H2,1H3. The van der Waals surface area contributed by atoms with E-state index in [0.29, 0.717) is 42.5 Å². The van der Waals surface area contributed by atoms with Gasteiger partial charge in [-0.1, -0.05) is 18.2 Å². The smallest absolute Gasteiger partial charge is 0.184 e. The van der Waals surface area contributed by atoms with Crippen LogP contribution in [0.15, 0.2) is 67.0 Å². The van der Waals surface area contributed by atoms with Crippen LogP contribution in [0.1, 0.15) is 23.5 Å². The molecule has 2 aliphatic rings. The van der Waals surface area contributed by atoms with Crippen molar-refractivity contribution in [1.82, 2.24) is 5.32 Å². The van der Waals surface area contributed by atoms with Gasteiger partial charge in [0.15, 0.2) is 12.4 Å². The van der Waals surface area contributed by atoms with Crippen molar-refractivity contribution in [3.8, 4) is 17.2 Å². The van der Waals surface area contributed by atoms with Gasteiger partial charge in [-0.2, -0.15) is 4.73 Å². The number of benzene rings is 2. The van der Waals surface area contributed by atoms with Gasteiger partial charge in [-0.3, -0.25) is 0 Å². The van der Waals surface area contributed by atoms with Gasteiger partial charge in [0.2, 0.25) is 0 Å². The molecule has 3 atom stereocenters. The third-order valence-corrected chi connectivity index (χ3v) is 7.01. The molecule has 38 heavy (non-hydrogen) atoms. The van der Waals surface area contributed by atoms with E-state index in [2.05, 4.69) is 16.3 Å². The van der Waals surface area contributed by atoms with Crippen molar-refractivity contribution in [2.75, 3.05) is 51.4 Å². The molecule has 202 valence electrons. The number of aliphatic hydroxyl groups excluding tert-OH is 1. The highest BCUT2D eigenvalue weighted by atomic mass is 16.5. The Hall–Kier alpha value is -3.37. The number of pyridine rings is 1. The fourth-order valence-electron chi connectivity index (χ4n) is 5.08. The molecular weight excluding hydrogens is 486 g/mol. The summed E-state index contributed by atoms with van der Waals surface area (Å²) in [6.45, 7) is 4.77. The molecule has 3 heterocycles. The number of fused-ring (bicyclic) bond motifs is 1. The molecular formula is C29H35N3O6. The third kappa shape index (κ3) is 6.36. The summed E-state index contributed by atoms with van der Waals surface area (Å²) in [6.07, 6.45) is 2.98. The van der Waals surface area contributed by atoms with E-state index < -0.39 is 6.10 Å². The fourth-order valence-corrected chi connectivity index (χ4v) is 5.08. The first-order chi connectivity index (χ1) is 18.6. The summed E-state index contributed by atoms with van der Waals surface area (Å²) >= 11 is 0. The van der Waals surface area contributed by atoms with Gasteiger partial charge in [-0.25, -0.2) is 0 Å². The Kier molecular flexibility index (Phi) is 8.60. The molecule has 0 radical (unpaired) electrons. The lowest BCUT2D eigenvalue weighted by molar-refractivity contribution is -0.605. The maximum absolute atomic E-state index is 11.2. The summed E-state index contributed by atoms with van der Waals surface area (Å²) in [5.41, 5.74) is 3.15. The second kappa shape index (κ2) is 12.4. The second-order valence-electron chi connectivity index (χ2n) is 9.65. The van der Waals surface area contributed by atoms with Crippen molar-refractivity contribution in [2.45, 2.75) is 31.2 Å². The van der Waals surface area contributed by atoms with Crippen molar-refractivity contribution in [2.24, 2.45) is 0 Å². The Morgan fingerprint density at radius 3 is 2.66 bits per heavy atom. The van der Waals surface area contributed by atoms with Crippen molar-refractivity contribution >= 4 is 5.69 Å². The molecule has 0 bridgehead atoms. The molecule has 0 aliphatic carbocycles. The number of nitrogens with one attached hydrogen (secondary N) is 1. The fraction of sp³-hybridized carbons (Fsp3) is 0.414. The van der Waals surface area contributed by atoms with Crippen LogP contribution in [0.25, 0.3) is 0 Å². The van der Waals surface area contributed by atoms with Crippen LogP contribution >= 0.6 is 0 Å². The zero-order valence-electron chi connectivity index (χ0n) is 21.6. The van der Waals surface area contributed by atoms with Gasteiger partial charge in [0, 0.05) is 51.4 Å². The minimum atomic E-state index is -0.574. The molecule has 9 heteroatoms. The van der Waals surface area contributed by atoms with Crippen LogP contribution in [0.2, 0.25) is 0 Å². The number of β-amino-alcohol motifs (C(OH)–C–C–N with tert-alkyl or cyclic N) is 1. The molecule has 0 amide bonds. The number of anilines is 1. The van der Waals surface area contributed by atoms with Crippen molar-refractivity contribution in [3.63, 3.8) is 0 Å². The van der Waals surface area contributed by atoms with E-state index in [-0.39, 0.29) is 12.0 Å². The number of methoxy groups -OCH3 is 1. The SMILES string of the molecule is COCCCN1CCOc2ccc(COC3CNCC(O)C3c3ccc(Oc4cc[n+]([O-])cc4)cc3)cc21. The van der Waals surface area contributed by atoms with Crippen LogP contribution in [0, 0.1) is 5.21 Å². The molecule has 3 unspecified atom stereocenters. The number of rotatable bonds is 10. The van der Waals surface area contributed by atoms with E-state index >= 15 is 0 Å². The van der Waals surface area contributed by atoms with Crippen molar-refractivity contribution < 1.29 is 28.8 Å². The Morgan fingerprint density at radius 2 is 1.87 bits per heavy atom. The van der Waals surface area contributed by atoms with E-state index in [0.717, 1.165) is 48.7 Å². The molecule has 1 saturated heterocycles. The summed E-state index contributed by atoms with van der Waals surface area (Å²) < 4.78 is 24.0. The largest absolute Gasteiger partial charge is 0.619 e. The molecule has 2 aromatic carbocycles. The highest BCUT2D eigenvalue weighted by Crippen LogP contribution is 2.34. The summed E-state index contributed by atoms with van der Waals surface area (Å²) in [7, 11) is 1.73. The highest BCUT2D eigenvalue weighted by Gasteiger charge is 2.34. The zero-order chi connectivity index (χ0) is 26.3. The van der Waals surface area contributed by atoms with Gasteiger partial charge in [0.05, 0.1) is 31.0 Å². The van der Waals surface area contributed by atoms with Crippen molar-refractivity contribution in [3.05, 3.63) is 83.3 Å². The summed E-state index contributed by atoms with van der Waals surface area (Å²) in [5.74, 6) is 1.97. The van der Waals surface area contributed by atoms with Crippen LogP contribution in [0.5, 0.6) is 17.2 Å². The lowest BCUT2D eigenvalue weighted by Gasteiger charge is -2.36. The first-order valence-electron chi connectivity index (χ1n) is 13.1. The van der Waals surface area contributed by atoms with Crippen LogP contribution < -0.4 is 24.4 Å². The van der Waals surface area contributed by atoms with Gasteiger partial charge >= 0.3 is 0 Å². The average molecular weight is 522 g/mol. The summed E-state index contributed by atoms with van der Waals surface area (Å²) in [5, 5.41) is 25.4. The minimum absolute atomic E-state index is 0.173.